The van der Waals surface area contributed by atoms with Crippen LogP contribution in [0, 0.1) is 0 Å². The Balaban J connectivity index is 2.89. The number of fused-ring (bicyclic) bond motifs is 1. The van der Waals surface area contributed by atoms with E-state index in [4.69, 9.17) is 0 Å². The van der Waals surface area contributed by atoms with Crippen LogP contribution >= 0.6 is 0 Å². The van der Waals surface area contributed by atoms with Gasteiger partial charge in [-0.3, -0.25) is 4.79 Å². The molecule has 0 aromatic carbocycles. The molecule has 14 heavy (non-hydrogen) atoms. The molecule has 0 unspecified atom stereocenters. The summed E-state index contributed by atoms with van der Waals surface area (Å²) < 4.78 is 0. The molecule has 2 aromatic rings. The molecular formula is C11H14N2O. The Hall–Kier alpha value is -1.51. The van der Waals surface area contributed by atoms with Crippen LogP contribution in [0.15, 0.2) is 17.1 Å². The lowest BCUT2D eigenvalue weighted by atomic mass is 10.1. The van der Waals surface area contributed by atoms with E-state index in [9.17, 15) is 4.79 Å². The van der Waals surface area contributed by atoms with E-state index in [2.05, 4.69) is 23.8 Å². The van der Waals surface area contributed by atoms with Gasteiger partial charge in [-0.05, 0) is 24.5 Å². The molecule has 2 heterocycles. The van der Waals surface area contributed by atoms with Crippen molar-refractivity contribution in [2.24, 2.45) is 0 Å². The second-order valence-corrected chi connectivity index (χ2v) is 3.38. The summed E-state index contributed by atoms with van der Waals surface area (Å²) in [5.74, 6) is 0. The summed E-state index contributed by atoms with van der Waals surface area (Å²) in [6.45, 7) is 4.17. The molecular weight excluding hydrogens is 176 g/mol. The van der Waals surface area contributed by atoms with E-state index in [1.54, 1.807) is 0 Å². The molecule has 0 fully saturated rings. The van der Waals surface area contributed by atoms with E-state index in [1.165, 1.54) is 5.56 Å². The number of aromatic nitrogens is 2. The van der Waals surface area contributed by atoms with Crippen molar-refractivity contribution in [3.8, 4) is 0 Å². The van der Waals surface area contributed by atoms with Gasteiger partial charge < -0.3 is 9.97 Å². The topological polar surface area (TPSA) is 48.6 Å². The summed E-state index contributed by atoms with van der Waals surface area (Å²) in [6.07, 6.45) is 3.65. The van der Waals surface area contributed by atoms with E-state index < -0.39 is 0 Å². The van der Waals surface area contributed by atoms with Crippen LogP contribution in [-0.4, -0.2) is 9.97 Å². The summed E-state index contributed by atoms with van der Waals surface area (Å²) in [4.78, 5) is 17.5. The van der Waals surface area contributed by atoms with Crippen molar-refractivity contribution in [1.82, 2.24) is 9.97 Å². The number of pyridine rings is 1. The molecule has 2 rings (SSSR count). The Morgan fingerprint density at radius 1 is 1.29 bits per heavy atom. The van der Waals surface area contributed by atoms with Crippen molar-refractivity contribution in [1.29, 1.82) is 0 Å². The monoisotopic (exact) mass is 190 g/mol. The van der Waals surface area contributed by atoms with Gasteiger partial charge in [0, 0.05) is 17.3 Å². The maximum atomic E-state index is 11.6. The van der Waals surface area contributed by atoms with E-state index >= 15 is 0 Å². The standard InChI is InChI=1S/C11H14N2O/c1-3-7-8-5-6-12-10(8)11(14)13-9(7)4-2/h5-6,12H,3-4H2,1-2H3,(H,13,14). The van der Waals surface area contributed by atoms with Crippen molar-refractivity contribution in [3.63, 3.8) is 0 Å². The lowest BCUT2D eigenvalue weighted by Crippen LogP contribution is -2.11. The summed E-state index contributed by atoms with van der Waals surface area (Å²) in [5, 5.41) is 1.06. The third-order valence-electron chi connectivity index (χ3n) is 2.63. The van der Waals surface area contributed by atoms with E-state index in [0.29, 0.717) is 5.52 Å². The van der Waals surface area contributed by atoms with Gasteiger partial charge in [0.2, 0.25) is 0 Å². The highest BCUT2D eigenvalue weighted by atomic mass is 16.1. The molecule has 0 saturated heterocycles. The first-order chi connectivity index (χ1) is 6.77. The first-order valence-corrected chi connectivity index (χ1v) is 4.99. The van der Waals surface area contributed by atoms with Crippen LogP contribution in [0.5, 0.6) is 0 Å². The molecule has 0 radical (unpaired) electrons. The second-order valence-electron chi connectivity index (χ2n) is 3.38. The van der Waals surface area contributed by atoms with Gasteiger partial charge >= 0.3 is 0 Å². The predicted molar refractivity (Wildman–Crippen MR) is 57.7 cm³/mol. The quantitative estimate of drug-likeness (QED) is 0.747. The first kappa shape index (κ1) is 9.06. The predicted octanol–water partition coefficient (Wildman–Crippen LogP) is 1.98. The average molecular weight is 190 g/mol. The normalized spacial score (nSPS) is 11.0. The molecule has 0 bridgehead atoms. The lowest BCUT2D eigenvalue weighted by Gasteiger charge is -2.06. The minimum atomic E-state index is -0.0148. The van der Waals surface area contributed by atoms with Gasteiger partial charge in [-0.15, -0.1) is 0 Å². The van der Waals surface area contributed by atoms with Gasteiger partial charge in [-0.25, -0.2) is 0 Å². The van der Waals surface area contributed by atoms with Crippen molar-refractivity contribution in [2.75, 3.05) is 0 Å². The van der Waals surface area contributed by atoms with Gasteiger partial charge in [-0.2, -0.15) is 0 Å². The molecule has 0 atom stereocenters. The third kappa shape index (κ3) is 1.16. The minimum Gasteiger partial charge on any atom is -0.357 e. The second kappa shape index (κ2) is 3.33. The van der Waals surface area contributed by atoms with Gasteiger partial charge in [-0.1, -0.05) is 13.8 Å². The van der Waals surface area contributed by atoms with Gasteiger partial charge in [0.15, 0.2) is 0 Å². The molecule has 3 heteroatoms. The molecule has 0 aliphatic rings. The number of nitrogens with one attached hydrogen (secondary N) is 2. The van der Waals surface area contributed by atoms with Crippen molar-refractivity contribution < 1.29 is 0 Å². The fourth-order valence-electron chi connectivity index (χ4n) is 1.95. The summed E-state index contributed by atoms with van der Waals surface area (Å²) >= 11 is 0. The van der Waals surface area contributed by atoms with Crippen LogP contribution in [0.25, 0.3) is 10.9 Å². The number of hydrogen-bond donors (Lipinski definition) is 2. The van der Waals surface area contributed by atoms with Crippen LogP contribution in [0.1, 0.15) is 25.1 Å². The van der Waals surface area contributed by atoms with Crippen LogP contribution < -0.4 is 5.56 Å². The van der Waals surface area contributed by atoms with E-state index in [1.807, 2.05) is 12.3 Å². The fraction of sp³-hybridized carbons (Fsp3) is 0.364. The van der Waals surface area contributed by atoms with Gasteiger partial charge in [0.05, 0.1) is 0 Å². The molecule has 0 aliphatic heterocycles. The van der Waals surface area contributed by atoms with Crippen molar-refractivity contribution in [2.45, 2.75) is 26.7 Å². The lowest BCUT2D eigenvalue weighted by molar-refractivity contribution is 0.964. The third-order valence-corrected chi connectivity index (χ3v) is 2.63. The molecule has 0 spiro atoms. The molecule has 2 N–H and O–H groups in total. The summed E-state index contributed by atoms with van der Waals surface area (Å²) in [7, 11) is 0. The summed E-state index contributed by atoms with van der Waals surface area (Å²) in [5.41, 5.74) is 2.99. The Bertz CT molecular complexity index is 507. The first-order valence-electron chi connectivity index (χ1n) is 4.99. The zero-order valence-corrected chi connectivity index (χ0v) is 8.48. The Kier molecular flexibility index (Phi) is 2.15. The fourth-order valence-corrected chi connectivity index (χ4v) is 1.95. The maximum absolute atomic E-state index is 11.6. The largest absolute Gasteiger partial charge is 0.357 e. The smallest absolute Gasteiger partial charge is 0.272 e. The van der Waals surface area contributed by atoms with Crippen molar-refractivity contribution in [3.05, 3.63) is 33.9 Å². The number of H-pyrrole nitrogens is 2. The molecule has 3 nitrogen and oxygen atoms in total. The Labute approximate surface area is 82.2 Å². The van der Waals surface area contributed by atoms with Crippen LogP contribution in [-0.2, 0) is 12.8 Å². The van der Waals surface area contributed by atoms with Crippen LogP contribution in [0.4, 0.5) is 0 Å². The van der Waals surface area contributed by atoms with E-state index in [0.717, 1.165) is 23.9 Å². The number of hydrogen-bond acceptors (Lipinski definition) is 1. The van der Waals surface area contributed by atoms with Gasteiger partial charge in [0.25, 0.3) is 5.56 Å². The number of aryl methyl sites for hydroxylation is 2. The zero-order valence-electron chi connectivity index (χ0n) is 8.48. The zero-order chi connectivity index (χ0) is 10.1. The molecule has 0 saturated carbocycles. The van der Waals surface area contributed by atoms with Crippen molar-refractivity contribution >= 4 is 10.9 Å². The average Bonchev–Trinajstić information content (AvgIpc) is 2.66. The maximum Gasteiger partial charge on any atom is 0.272 e. The molecule has 2 aromatic heterocycles. The Morgan fingerprint density at radius 2 is 2.07 bits per heavy atom. The molecule has 0 aliphatic carbocycles. The molecule has 74 valence electrons. The SMILES string of the molecule is CCc1[nH]c(=O)c2[nH]ccc2c1CC. The minimum absolute atomic E-state index is 0.0148. The number of aromatic amines is 2. The van der Waals surface area contributed by atoms with Crippen LogP contribution in [0.2, 0.25) is 0 Å². The van der Waals surface area contributed by atoms with E-state index in [-0.39, 0.29) is 5.56 Å². The molecule has 0 amide bonds. The highest BCUT2D eigenvalue weighted by Gasteiger charge is 2.08. The van der Waals surface area contributed by atoms with Gasteiger partial charge in [0.1, 0.15) is 5.52 Å². The van der Waals surface area contributed by atoms with Crippen LogP contribution in [0.3, 0.4) is 0 Å². The number of rotatable bonds is 2. The highest BCUT2D eigenvalue weighted by molar-refractivity contribution is 5.82. The highest BCUT2D eigenvalue weighted by Crippen LogP contribution is 2.17. The Morgan fingerprint density at radius 3 is 2.71 bits per heavy atom. The summed E-state index contributed by atoms with van der Waals surface area (Å²) in [6, 6.07) is 1.97.